The third-order valence-corrected chi connectivity index (χ3v) is 4.22. The Labute approximate surface area is 157 Å². The minimum absolute atomic E-state index is 0.552. The molecule has 128 valence electrons. The minimum atomic E-state index is 0.552. The van der Waals surface area contributed by atoms with E-state index in [1.54, 1.807) is 0 Å². The predicted molar refractivity (Wildman–Crippen MR) is 107 cm³/mol. The van der Waals surface area contributed by atoms with Gasteiger partial charge in [-0.2, -0.15) is 5.10 Å². The molecular weight excluding hydrogens is 352 g/mol. The van der Waals surface area contributed by atoms with Crippen molar-refractivity contribution in [3.63, 3.8) is 0 Å². The highest BCUT2D eigenvalue weighted by Gasteiger charge is 2.07. The lowest BCUT2D eigenvalue weighted by Gasteiger charge is -2.08. The van der Waals surface area contributed by atoms with Crippen molar-refractivity contribution in [1.29, 1.82) is 0 Å². The van der Waals surface area contributed by atoms with Gasteiger partial charge in [-0.1, -0.05) is 54.1 Å². The Kier molecular flexibility index (Phi) is 5.68. The van der Waals surface area contributed by atoms with Crippen LogP contribution < -0.4 is 10.6 Å². The number of aryl methyl sites for hydroxylation is 1. The fourth-order valence-electron chi connectivity index (χ4n) is 2.48. The van der Waals surface area contributed by atoms with E-state index >= 15 is 0 Å². The Morgan fingerprint density at radius 2 is 1.84 bits per heavy atom. The van der Waals surface area contributed by atoms with Gasteiger partial charge in [0.05, 0.1) is 6.54 Å². The Bertz CT molecular complexity index is 861. The van der Waals surface area contributed by atoms with Gasteiger partial charge in [0.2, 0.25) is 0 Å². The van der Waals surface area contributed by atoms with Gasteiger partial charge >= 0.3 is 0 Å². The number of nitrogens with one attached hydrogen (secondary N) is 2. The van der Waals surface area contributed by atoms with Gasteiger partial charge in [0.25, 0.3) is 0 Å². The molecule has 6 heteroatoms. The first-order valence-electron chi connectivity index (χ1n) is 7.98. The van der Waals surface area contributed by atoms with Crippen LogP contribution >= 0.6 is 23.8 Å². The SMILES string of the molecule is Cc1cc(NC(=S)NCc2ccccc2)nn1Cc1cccc(Cl)c1. The number of thiocarbonyl (C=S) groups is 1. The Hall–Kier alpha value is -2.37. The summed E-state index contributed by atoms with van der Waals surface area (Å²) in [6.45, 7) is 3.36. The number of halogens is 1. The smallest absolute Gasteiger partial charge is 0.172 e. The van der Waals surface area contributed by atoms with Crippen LogP contribution in [0.5, 0.6) is 0 Å². The van der Waals surface area contributed by atoms with E-state index in [4.69, 9.17) is 23.8 Å². The number of benzene rings is 2. The second-order valence-electron chi connectivity index (χ2n) is 5.75. The van der Waals surface area contributed by atoms with Crippen LogP contribution in [-0.4, -0.2) is 14.9 Å². The summed E-state index contributed by atoms with van der Waals surface area (Å²) in [7, 11) is 0. The molecule has 0 aliphatic rings. The maximum absolute atomic E-state index is 6.04. The number of hydrogen-bond donors (Lipinski definition) is 2. The molecular formula is C19H19ClN4S. The zero-order valence-electron chi connectivity index (χ0n) is 13.9. The molecule has 0 aliphatic heterocycles. The van der Waals surface area contributed by atoms with Crippen LogP contribution in [0.4, 0.5) is 5.82 Å². The summed E-state index contributed by atoms with van der Waals surface area (Å²) in [5, 5.41) is 12.2. The average Bonchev–Trinajstić information content (AvgIpc) is 2.93. The van der Waals surface area contributed by atoms with Crippen molar-refractivity contribution in [2.75, 3.05) is 5.32 Å². The number of rotatable bonds is 5. The summed E-state index contributed by atoms with van der Waals surface area (Å²) < 4.78 is 1.92. The summed E-state index contributed by atoms with van der Waals surface area (Å²) in [6.07, 6.45) is 0. The molecule has 0 atom stereocenters. The molecule has 2 aromatic carbocycles. The molecule has 3 rings (SSSR count). The molecule has 0 saturated carbocycles. The second kappa shape index (κ2) is 8.14. The molecule has 0 unspecified atom stereocenters. The zero-order chi connectivity index (χ0) is 17.6. The van der Waals surface area contributed by atoms with Gasteiger partial charge in [0.1, 0.15) is 0 Å². The highest BCUT2D eigenvalue weighted by atomic mass is 35.5. The van der Waals surface area contributed by atoms with E-state index in [1.165, 1.54) is 5.56 Å². The van der Waals surface area contributed by atoms with Crippen LogP contribution in [0.2, 0.25) is 5.02 Å². The normalized spacial score (nSPS) is 10.5. The summed E-state index contributed by atoms with van der Waals surface area (Å²) in [5.74, 6) is 0.727. The Morgan fingerprint density at radius 1 is 1.08 bits per heavy atom. The van der Waals surface area contributed by atoms with Crippen molar-refractivity contribution in [3.8, 4) is 0 Å². The van der Waals surface area contributed by atoms with Crippen LogP contribution in [0.1, 0.15) is 16.8 Å². The van der Waals surface area contributed by atoms with Crippen molar-refractivity contribution < 1.29 is 0 Å². The van der Waals surface area contributed by atoms with Crippen LogP contribution in [0.15, 0.2) is 60.7 Å². The van der Waals surface area contributed by atoms with E-state index in [2.05, 4.69) is 27.9 Å². The summed E-state index contributed by atoms with van der Waals surface area (Å²) in [4.78, 5) is 0. The largest absolute Gasteiger partial charge is 0.358 e. The third-order valence-electron chi connectivity index (χ3n) is 3.74. The molecule has 1 heterocycles. The number of hydrogen-bond acceptors (Lipinski definition) is 2. The summed E-state index contributed by atoms with van der Waals surface area (Å²) >= 11 is 11.4. The third kappa shape index (κ3) is 5.05. The van der Waals surface area contributed by atoms with Gasteiger partial charge in [-0.05, 0) is 42.4 Å². The van der Waals surface area contributed by atoms with E-state index < -0.39 is 0 Å². The van der Waals surface area contributed by atoms with Gasteiger partial charge in [-0.25, -0.2) is 0 Å². The molecule has 25 heavy (non-hydrogen) atoms. The second-order valence-corrected chi connectivity index (χ2v) is 6.60. The van der Waals surface area contributed by atoms with Crippen molar-refractivity contribution in [2.45, 2.75) is 20.0 Å². The molecule has 0 amide bonds. The average molecular weight is 371 g/mol. The molecule has 4 nitrogen and oxygen atoms in total. The molecule has 0 spiro atoms. The van der Waals surface area contributed by atoms with Crippen LogP contribution in [-0.2, 0) is 13.1 Å². The maximum Gasteiger partial charge on any atom is 0.172 e. The number of aromatic nitrogens is 2. The van der Waals surface area contributed by atoms with E-state index in [1.807, 2.05) is 60.1 Å². The first-order chi connectivity index (χ1) is 12.1. The molecule has 2 N–H and O–H groups in total. The topological polar surface area (TPSA) is 41.9 Å². The minimum Gasteiger partial charge on any atom is -0.358 e. The van der Waals surface area contributed by atoms with E-state index in [9.17, 15) is 0 Å². The van der Waals surface area contributed by atoms with Gasteiger partial charge < -0.3 is 10.6 Å². The Morgan fingerprint density at radius 3 is 2.60 bits per heavy atom. The first-order valence-corrected chi connectivity index (χ1v) is 8.76. The summed E-state index contributed by atoms with van der Waals surface area (Å²) in [5.41, 5.74) is 3.33. The Balaban J connectivity index is 1.59. The van der Waals surface area contributed by atoms with Crippen molar-refractivity contribution in [2.24, 2.45) is 0 Å². The molecule has 0 radical (unpaired) electrons. The van der Waals surface area contributed by atoms with Crippen LogP contribution in [0, 0.1) is 6.92 Å². The fraction of sp³-hybridized carbons (Fsp3) is 0.158. The van der Waals surface area contributed by atoms with Crippen LogP contribution in [0.3, 0.4) is 0 Å². The van der Waals surface area contributed by atoms with E-state index in [0.29, 0.717) is 18.2 Å². The van der Waals surface area contributed by atoms with Crippen molar-refractivity contribution >= 4 is 34.7 Å². The monoisotopic (exact) mass is 370 g/mol. The molecule has 0 fully saturated rings. The molecule has 1 aromatic heterocycles. The zero-order valence-corrected chi connectivity index (χ0v) is 15.4. The van der Waals surface area contributed by atoms with Gasteiger partial charge in [0.15, 0.2) is 10.9 Å². The van der Waals surface area contributed by atoms with Crippen LogP contribution in [0.25, 0.3) is 0 Å². The molecule has 0 bridgehead atoms. The van der Waals surface area contributed by atoms with Gasteiger partial charge in [-0.3, -0.25) is 4.68 Å². The van der Waals surface area contributed by atoms with Crippen molar-refractivity contribution in [1.82, 2.24) is 15.1 Å². The number of anilines is 1. The van der Waals surface area contributed by atoms with Crippen molar-refractivity contribution in [3.05, 3.63) is 82.5 Å². The van der Waals surface area contributed by atoms with E-state index in [0.717, 1.165) is 22.1 Å². The standard InChI is InChI=1S/C19H19ClN4S/c1-14-10-18(22-19(25)21-12-15-6-3-2-4-7-15)23-24(14)13-16-8-5-9-17(20)11-16/h2-11H,12-13H2,1H3,(H2,21,22,23,25). The lowest BCUT2D eigenvalue weighted by atomic mass is 10.2. The maximum atomic E-state index is 6.04. The lowest BCUT2D eigenvalue weighted by Crippen LogP contribution is -2.28. The fourth-order valence-corrected chi connectivity index (χ4v) is 2.87. The quantitative estimate of drug-likeness (QED) is 0.654. The summed E-state index contributed by atoms with van der Waals surface area (Å²) in [6, 6.07) is 19.9. The molecule has 3 aromatic rings. The highest BCUT2D eigenvalue weighted by Crippen LogP contribution is 2.14. The van der Waals surface area contributed by atoms with Gasteiger partial charge in [-0.15, -0.1) is 0 Å². The van der Waals surface area contributed by atoms with E-state index in [-0.39, 0.29) is 0 Å². The molecule has 0 saturated heterocycles. The predicted octanol–water partition coefficient (Wildman–Crippen LogP) is 4.38. The number of nitrogens with zero attached hydrogens (tertiary/aromatic N) is 2. The van der Waals surface area contributed by atoms with Gasteiger partial charge in [0, 0.05) is 23.3 Å². The lowest BCUT2D eigenvalue weighted by molar-refractivity contribution is 0.668. The highest BCUT2D eigenvalue weighted by molar-refractivity contribution is 7.80. The molecule has 0 aliphatic carbocycles. The first kappa shape index (κ1) is 17.5.